The monoisotopic (exact) mass is 390 g/mol. The molecule has 4 atom stereocenters. The molecule has 150 valence electrons. The Labute approximate surface area is 170 Å². The fraction of sp³-hybridized carbons (Fsp3) is 0.440. The molecule has 6 rings (SSSR count). The summed E-state index contributed by atoms with van der Waals surface area (Å²) in [6.45, 7) is -0.237. The molecule has 0 spiro atoms. The summed E-state index contributed by atoms with van der Waals surface area (Å²) < 4.78 is 5.50. The number of carbonyl (C=O) groups is 2. The second-order valence-corrected chi connectivity index (χ2v) is 9.41. The average molecular weight is 390 g/mol. The first-order chi connectivity index (χ1) is 13.9. The zero-order valence-corrected chi connectivity index (χ0v) is 16.5. The highest BCUT2D eigenvalue weighted by Gasteiger charge is 2.60. The van der Waals surface area contributed by atoms with Gasteiger partial charge in [-0.25, -0.2) is 0 Å². The summed E-state index contributed by atoms with van der Waals surface area (Å²) in [5, 5.41) is 10.8. The molecule has 2 unspecified atom stereocenters. The molecule has 4 heteroatoms. The Hall–Kier alpha value is -2.46. The lowest BCUT2D eigenvalue weighted by atomic mass is 9.48. The first-order valence-corrected chi connectivity index (χ1v) is 10.5. The van der Waals surface area contributed by atoms with E-state index < -0.39 is 11.0 Å². The molecule has 0 aromatic heterocycles. The second kappa shape index (κ2) is 6.81. The third kappa shape index (κ3) is 3.40. The molecule has 4 aliphatic rings. The SMILES string of the molecule is O=C(COC(=O)C12C[C@@H]3C[C@@H](CC(O)(C3)C1)C2)c1ccc(-c2ccccc2)cc1. The van der Waals surface area contributed by atoms with Crippen LogP contribution in [-0.2, 0) is 9.53 Å². The van der Waals surface area contributed by atoms with Crippen molar-refractivity contribution in [3.8, 4) is 11.1 Å². The van der Waals surface area contributed by atoms with Crippen LogP contribution < -0.4 is 0 Å². The molecule has 0 aliphatic heterocycles. The molecule has 2 aromatic rings. The number of ketones is 1. The third-order valence-corrected chi connectivity index (χ3v) is 7.11. The maximum Gasteiger partial charge on any atom is 0.312 e. The molecule has 29 heavy (non-hydrogen) atoms. The van der Waals surface area contributed by atoms with Crippen LogP contribution in [-0.4, -0.2) is 29.1 Å². The van der Waals surface area contributed by atoms with Gasteiger partial charge in [-0.15, -0.1) is 0 Å². The van der Waals surface area contributed by atoms with Gasteiger partial charge in [0, 0.05) is 5.56 Å². The van der Waals surface area contributed by atoms with Gasteiger partial charge in [0.25, 0.3) is 0 Å². The highest BCUT2D eigenvalue weighted by Crippen LogP contribution is 2.61. The molecule has 4 nitrogen and oxygen atoms in total. The predicted molar refractivity (Wildman–Crippen MR) is 109 cm³/mol. The molecule has 4 bridgehead atoms. The number of rotatable bonds is 5. The minimum Gasteiger partial charge on any atom is -0.457 e. The number of hydrogen-bond donors (Lipinski definition) is 1. The van der Waals surface area contributed by atoms with E-state index >= 15 is 0 Å². The molecule has 4 aliphatic carbocycles. The first-order valence-electron chi connectivity index (χ1n) is 10.5. The zero-order chi connectivity index (χ0) is 20.1. The van der Waals surface area contributed by atoms with Gasteiger partial charge >= 0.3 is 5.97 Å². The van der Waals surface area contributed by atoms with Crippen molar-refractivity contribution in [3.63, 3.8) is 0 Å². The van der Waals surface area contributed by atoms with Crippen molar-refractivity contribution in [2.75, 3.05) is 6.61 Å². The fourth-order valence-electron chi connectivity index (χ4n) is 6.30. The van der Waals surface area contributed by atoms with Crippen LogP contribution >= 0.6 is 0 Å². The minimum atomic E-state index is -0.708. The molecule has 1 N–H and O–H groups in total. The van der Waals surface area contributed by atoms with Crippen molar-refractivity contribution < 1.29 is 19.4 Å². The van der Waals surface area contributed by atoms with E-state index in [1.807, 2.05) is 42.5 Å². The molecule has 4 fully saturated rings. The van der Waals surface area contributed by atoms with Crippen LogP contribution in [0.25, 0.3) is 11.1 Å². The van der Waals surface area contributed by atoms with Gasteiger partial charge in [-0.05, 0) is 61.5 Å². The fourth-order valence-corrected chi connectivity index (χ4v) is 6.30. The van der Waals surface area contributed by atoms with Gasteiger partial charge in [0.05, 0.1) is 11.0 Å². The van der Waals surface area contributed by atoms with Gasteiger partial charge in [0.15, 0.2) is 12.4 Å². The molecule has 0 radical (unpaired) electrons. The van der Waals surface area contributed by atoms with Gasteiger partial charge in [-0.1, -0.05) is 54.6 Å². The van der Waals surface area contributed by atoms with Crippen LogP contribution in [0.15, 0.2) is 54.6 Å². The second-order valence-electron chi connectivity index (χ2n) is 9.41. The summed E-state index contributed by atoms with van der Waals surface area (Å²) >= 11 is 0. The Morgan fingerprint density at radius 2 is 1.52 bits per heavy atom. The molecule has 2 aromatic carbocycles. The summed E-state index contributed by atoms with van der Waals surface area (Å²) in [5.74, 6) is 0.339. The van der Waals surface area contributed by atoms with Gasteiger partial charge in [-0.3, -0.25) is 9.59 Å². The summed E-state index contributed by atoms with van der Waals surface area (Å²) in [6, 6.07) is 17.4. The lowest BCUT2D eigenvalue weighted by Gasteiger charge is -2.58. The Bertz CT molecular complexity index is 917. The number of Topliss-reactive ketones (excluding diaryl/α,β-unsaturated/α-hetero) is 1. The Morgan fingerprint density at radius 1 is 0.897 bits per heavy atom. The number of benzene rings is 2. The molecular weight excluding hydrogens is 364 g/mol. The van der Waals surface area contributed by atoms with E-state index in [1.165, 1.54) is 0 Å². The smallest absolute Gasteiger partial charge is 0.312 e. The largest absolute Gasteiger partial charge is 0.457 e. The van der Waals surface area contributed by atoms with Crippen molar-refractivity contribution in [2.24, 2.45) is 17.3 Å². The van der Waals surface area contributed by atoms with Gasteiger partial charge in [0.2, 0.25) is 0 Å². The third-order valence-electron chi connectivity index (χ3n) is 7.11. The van der Waals surface area contributed by atoms with E-state index in [4.69, 9.17) is 4.74 Å². The molecule has 4 saturated carbocycles. The molecule has 0 heterocycles. The van der Waals surface area contributed by atoms with Crippen molar-refractivity contribution >= 4 is 11.8 Å². The van der Waals surface area contributed by atoms with Crippen molar-refractivity contribution in [1.29, 1.82) is 0 Å². The zero-order valence-electron chi connectivity index (χ0n) is 16.5. The lowest BCUT2D eigenvalue weighted by Crippen LogP contribution is -2.58. The van der Waals surface area contributed by atoms with Crippen molar-refractivity contribution in [3.05, 3.63) is 60.2 Å². The number of aliphatic hydroxyl groups is 1. The number of hydrogen-bond acceptors (Lipinski definition) is 4. The topological polar surface area (TPSA) is 63.6 Å². The van der Waals surface area contributed by atoms with Gasteiger partial charge in [0.1, 0.15) is 0 Å². The van der Waals surface area contributed by atoms with Gasteiger partial charge in [-0.2, -0.15) is 0 Å². The number of esters is 1. The summed E-state index contributed by atoms with van der Waals surface area (Å²) in [6.07, 6.45) is 4.82. The van der Waals surface area contributed by atoms with E-state index in [0.717, 1.165) is 43.2 Å². The van der Waals surface area contributed by atoms with E-state index in [2.05, 4.69) is 0 Å². The van der Waals surface area contributed by atoms with Gasteiger partial charge < -0.3 is 9.84 Å². The highest BCUT2D eigenvalue weighted by atomic mass is 16.5. The highest BCUT2D eigenvalue weighted by molar-refractivity contribution is 5.98. The van der Waals surface area contributed by atoms with Crippen LogP contribution in [0.4, 0.5) is 0 Å². The predicted octanol–water partition coefficient (Wildman–Crippen LogP) is 4.41. The van der Waals surface area contributed by atoms with Crippen LogP contribution in [0.2, 0.25) is 0 Å². The Balaban J connectivity index is 1.24. The van der Waals surface area contributed by atoms with Crippen LogP contribution in [0.5, 0.6) is 0 Å². The maximum absolute atomic E-state index is 12.9. The molecular formula is C25H26O4. The van der Waals surface area contributed by atoms with Crippen LogP contribution in [0, 0.1) is 17.3 Å². The molecule has 0 saturated heterocycles. The van der Waals surface area contributed by atoms with E-state index in [0.29, 0.717) is 23.8 Å². The Kier molecular flexibility index (Phi) is 4.36. The standard InChI is InChI=1S/C25H26O4/c26-22(21-8-6-20(7-9-21)19-4-2-1-3-5-19)15-29-23(27)24-11-17-10-18(12-24)14-25(28,13-17)16-24/h1-9,17-18,28H,10-16H2/t17-,18+,24?,25?. The van der Waals surface area contributed by atoms with Crippen molar-refractivity contribution in [1.82, 2.24) is 0 Å². The summed E-state index contributed by atoms with van der Waals surface area (Å²) in [5.41, 5.74) is 1.39. The van der Waals surface area contributed by atoms with Crippen LogP contribution in [0.1, 0.15) is 48.9 Å². The van der Waals surface area contributed by atoms with E-state index in [1.54, 1.807) is 12.1 Å². The normalized spacial score (nSPS) is 32.2. The summed E-state index contributed by atoms with van der Waals surface area (Å²) in [7, 11) is 0. The summed E-state index contributed by atoms with van der Waals surface area (Å²) in [4.78, 5) is 25.5. The first kappa shape index (κ1) is 18.6. The van der Waals surface area contributed by atoms with Crippen molar-refractivity contribution in [2.45, 2.75) is 44.1 Å². The van der Waals surface area contributed by atoms with Crippen LogP contribution in [0.3, 0.4) is 0 Å². The van der Waals surface area contributed by atoms with E-state index in [-0.39, 0.29) is 18.4 Å². The quantitative estimate of drug-likeness (QED) is 0.607. The number of carbonyl (C=O) groups excluding carboxylic acids is 2. The average Bonchev–Trinajstić information content (AvgIpc) is 2.70. The lowest BCUT2D eigenvalue weighted by molar-refractivity contribution is -0.195. The van der Waals surface area contributed by atoms with E-state index in [9.17, 15) is 14.7 Å². The maximum atomic E-state index is 12.9. The Morgan fingerprint density at radius 3 is 2.14 bits per heavy atom. The molecule has 0 amide bonds. The number of ether oxygens (including phenoxy) is 1. The minimum absolute atomic E-state index is 0.193.